The van der Waals surface area contributed by atoms with E-state index < -0.39 is 0 Å². The molecule has 6 heteroatoms. The molecule has 1 aliphatic heterocycles. The molecule has 1 saturated heterocycles. The molecule has 5 nitrogen and oxygen atoms in total. The smallest absolute Gasteiger partial charge is 0.277 e. The van der Waals surface area contributed by atoms with Crippen molar-refractivity contribution in [3.63, 3.8) is 0 Å². The number of fused-ring (bicyclic) bond motifs is 1. The number of thioether (sulfide) groups is 1. The Bertz CT molecular complexity index is 806. The molecule has 0 N–H and O–H groups in total. The molecule has 126 valence electrons. The van der Waals surface area contributed by atoms with E-state index in [1.165, 1.54) is 0 Å². The van der Waals surface area contributed by atoms with E-state index in [4.69, 9.17) is 4.99 Å². The first-order valence-electron chi connectivity index (χ1n) is 8.13. The number of nitro groups is 1. The molecule has 0 amide bonds. The molecule has 1 fully saturated rings. The Hall–Kier alpha value is -2.08. The lowest BCUT2D eigenvalue weighted by Crippen LogP contribution is -2.34. The number of amidine groups is 1. The number of hydrogen-bond acceptors (Lipinski definition) is 4. The van der Waals surface area contributed by atoms with Crippen LogP contribution in [0.5, 0.6) is 0 Å². The molecule has 3 rings (SSSR count). The van der Waals surface area contributed by atoms with Gasteiger partial charge in [-0.2, -0.15) is 0 Å². The first kappa shape index (κ1) is 16.8. The van der Waals surface area contributed by atoms with Crippen LogP contribution in [0.3, 0.4) is 0 Å². The fraction of sp³-hybridized carbons (Fsp3) is 0.389. The minimum absolute atomic E-state index is 0.125. The van der Waals surface area contributed by atoms with Crippen LogP contribution in [0.4, 0.5) is 11.4 Å². The molecule has 2 aromatic rings. The first-order chi connectivity index (χ1) is 11.5. The third kappa shape index (κ3) is 2.98. The largest absolute Gasteiger partial charge is 0.350 e. The molecule has 0 saturated carbocycles. The fourth-order valence-corrected chi connectivity index (χ4v) is 4.45. The van der Waals surface area contributed by atoms with Crippen LogP contribution >= 0.6 is 11.8 Å². The van der Waals surface area contributed by atoms with Gasteiger partial charge in [0.2, 0.25) is 0 Å². The Morgan fingerprint density at radius 1 is 1.33 bits per heavy atom. The maximum Gasteiger partial charge on any atom is 0.277 e. The summed E-state index contributed by atoms with van der Waals surface area (Å²) in [5.74, 6) is 1.65. The van der Waals surface area contributed by atoms with Crippen molar-refractivity contribution >= 4 is 39.1 Å². The van der Waals surface area contributed by atoms with Crippen molar-refractivity contribution in [3.05, 3.63) is 46.5 Å². The van der Waals surface area contributed by atoms with Crippen LogP contribution in [0.15, 0.2) is 41.4 Å². The van der Waals surface area contributed by atoms with E-state index in [1.807, 2.05) is 18.2 Å². The van der Waals surface area contributed by atoms with Crippen LogP contribution in [0, 0.1) is 16.0 Å². The number of aliphatic imine (C=N–C) groups is 1. The highest BCUT2D eigenvalue weighted by atomic mass is 32.2. The van der Waals surface area contributed by atoms with Gasteiger partial charge in [0.1, 0.15) is 0 Å². The molecule has 1 aliphatic rings. The maximum atomic E-state index is 11.2. The SMILES string of the molecule is CCC(C)C1CSC(=Nc2ccc([N+](=O)[O-])c3ccccc23)N1C. The van der Waals surface area contributed by atoms with E-state index in [-0.39, 0.29) is 10.6 Å². The number of non-ortho nitro benzene ring substituents is 1. The molecular formula is C18H21N3O2S. The van der Waals surface area contributed by atoms with Crippen molar-refractivity contribution in [2.24, 2.45) is 10.9 Å². The van der Waals surface area contributed by atoms with E-state index in [1.54, 1.807) is 30.0 Å². The van der Waals surface area contributed by atoms with Crippen molar-refractivity contribution < 1.29 is 4.92 Å². The summed E-state index contributed by atoms with van der Waals surface area (Å²) in [5.41, 5.74) is 0.912. The van der Waals surface area contributed by atoms with Crippen molar-refractivity contribution in [1.82, 2.24) is 4.90 Å². The summed E-state index contributed by atoms with van der Waals surface area (Å²) < 4.78 is 0. The second-order valence-corrected chi connectivity index (χ2v) is 7.16. The number of hydrogen-bond donors (Lipinski definition) is 0. The number of nitrogens with zero attached hydrogens (tertiary/aromatic N) is 3. The van der Waals surface area contributed by atoms with Crippen molar-refractivity contribution in [1.29, 1.82) is 0 Å². The van der Waals surface area contributed by atoms with E-state index in [0.29, 0.717) is 17.3 Å². The molecule has 0 aliphatic carbocycles. The van der Waals surface area contributed by atoms with Crippen LogP contribution in [0.25, 0.3) is 10.8 Å². The van der Waals surface area contributed by atoms with Crippen molar-refractivity contribution in [2.75, 3.05) is 12.8 Å². The average Bonchev–Trinajstić information content (AvgIpc) is 2.95. The quantitative estimate of drug-likeness (QED) is 0.589. The Morgan fingerprint density at radius 3 is 2.71 bits per heavy atom. The third-order valence-electron chi connectivity index (χ3n) is 4.77. The van der Waals surface area contributed by atoms with Gasteiger partial charge in [-0.25, -0.2) is 4.99 Å². The summed E-state index contributed by atoms with van der Waals surface area (Å²) >= 11 is 1.76. The molecular weight excluding hydrogens is 322 g/mol. The zero-order valence-corrected chi connectivity index (χ0v) is 14.9. The summed E-state index contributed by atoms with van der Waals surface area (Å²) in [4.78, 5) is 18.0. The van der Waals surface area contributed by atoms with Crippen LogP contribution < -0.4 is 0 Å². The van der Waals surface area contributed by atoms with Crippen molar-refractivity contribution in [3.8, 4) is 0 Å². The van der Waals surface area contributed by atoms with Crippen molar-refractivity contribution in [2.45, 2.75) is 26.3 Å². The zero-order chi connectivity index (χ0) is 17.3. The summed E-state index contributed by atoms with van der Waals surface area (Å²) in [6.45, 7) is 4.48. The normalized spacial score (nSPS) is 20.7. The average molecular weight is 343 g/mol. The Kier molecular flexibility index (Phi) is 4.76. The predicted octanol–water partition coefficient (Wildman–Crippen LogP) is 4.83. The summed E-state index contributed by atoms with van der Waals surface area (Å²) in [6, 6.07) is 11.2. The fourth-order valence-electron chi connectivity index (χ4n) is 3.07. The number of nitro benzene ring substituents is 1. The van der Waals surface area contributed by atoms with Gasteiger partial charge in [-0.05, 0) is 18.1 Å². The highest BCUT2D eigenvalue weighted by molar-refractivity contribution is 8.14. The number of benzene rings is 2. The minimum atomic E-state index is -0.339. The first-order valence-corrected chi connectivity index (χ1v) is 9.12. The Labute approximate surface area is 145 Å². The van der Waals surface area contributed by atoms with Gasteiger partial charge in [0, 0.05) is 30.3 Å². The van der Waals surface area contributed by atoms with E-state index in [9.17, 15) is 10.1 Å². The summed E-state index contributed by atoms with van der Waals surface area (Å²) in [6.07, 6.45) is 1.14. The van der Waals surface area contributed by atoms with Gasteiger partial charge >= 0.3 is 0 Å². The molecule has 2 aromatic carbocycles. The molecule has 0 radical (unpaired) electrons. The predicted molar refractivity (Wildman–Crippen MR) is 101 cm³/mol. The van der Waals surface area contributed by atoms with Crippen LogP contribution in [-0.2, 0) is 0 Å². The van der Waals surface area contributed by atoms with Gasteiger partial charge in [0.25, 0.3) is 5.69 Å². The molecule has 0 aromatic heterocycles. The van der Waals surface area contributed by atoms with Gasteiger partial charge in [-0.15, -0.1) is 0 Å². The van der Waals surface area contributed by atoms with Gasteiger partial charge < -0.3 is 4.90 Å². The number of rotatable bonds is 4. The summed E-state index contributed by atoms with van der Waals surface area (Å²) in [7, 11) is 2.09. The second-order valence-electron chi connectivity index (χ2n) is 6.18. The van der Waals surface area contributed by atoms with Crippen LogP contribution in [0.2, 0.25) is 0 Å². The lowest BCUT2D eigenvalue weighted by molar-refractivity contribution is -0.383. The highest BCUT2D eigenvalue weighted by Crippen LogP contribution is 2.36. The molecule has 0 spiro atoms. The molecule has 2 unspecified atom stereocenters. The molecule has 24 heavy (non-hydrogen) atoms. The second kappa shape index (κ2) is 6.81. The van der Waals surface area contributed by atoms with Gasteiger partial charge in [0.15, 0.2) is 5.17 Å². The van der Waals surface area contributed by atoms with Gasteiger partial charge in [-0.1, -0.05) is 50.2 Å². The van der Waals surface area contributed by atoms with Crippen LogP contribution in [-0.4, -0.2) is 33.8 Å². The lowest BCUT2D eigenvalue weighted by atomic mass is 10.0. The maximum absolute atomic E-state index is 11.2. The molecule has 2 atom stereocenters. The topological polar surface area (TPSA) is 58.7 Å². The third-order valence-corrected chi connectivity index (χ3v) is 5.92. The van der Waals surface area contributed by atoms with Gasteiger partial charge in [0.05, 0.1) is 16.0 Å². The Morgan fingerprint density at radius 2 is 2.04 bits per heavy atom. The molecule has 1 heterocycles. The standard InChI is InChI=1S/C18H21N3O2S/c1-4-12(2)17-11-24-18(20(17)3)19-15-9-10-16(21(22)23)14-8-6-5-7-13(14)15/h5-10,12,17H,4,11H2,1-3H3. The lowest BCUT2D eigenvalue weighted by Gasteiger charge is -2.25. The van der Waals surface area contributed by atoms with Gasteiger partial charge in [-0.3, -0.25) is 10.1 Å². The van der Waals surface area contributed by atoms with E-state index in [2.05, 4.69) is 25.8 Å². The summed E-state index contributed by atoms with van der Waals surface area (Å²) in [5, 5.41) is 13.7. The van der Waals surface area contributed by atoms with E-state index in [0.717, 1.165) is 28.4 Å². The zero-order valence-electron chi connectivity index (χ0n) is 14.1. The van der Waals surface area contributed by atoms with Crippen LogP contribution in [0.1, 0.15) is 20.3 Å². The molecule has 0 bridgehead atoms. The van der Waals surface area contributed by atoms with E-state index >= 15 is 0 Å². The Balaban J connectivity index is 2.02. The highest BCUT2D eigenvalue weighted by Gasteiger charge is 2.30. The minimum Gasteiger partial charge on any atom is -0.350 e. The monoisotopic (exact) mass is 343 g/mol.